The lowest BCUT2D eigenvalue weighted by Gasteiger charge is -2.06. The third-order valence-electron chi connectivity index (χ3n) is 2.92. The first-order valence-electron chi connectivity index (χ1n) is 6.74. The zero-order valence-electron chi connectivity index (χ0n) is 12.1. The van der Waals surface area contributed by atoms with Crippen molar-refractivity contribution in [3.8, 4) is 5.75 Å². The number of ether oxygens (including phenoxy) is 1. The van der Waals surface area contributed by atoms with Crippen molar-refractivity contribution in [1.82, 2.24) is 5.32 Å². The molecule has 0 aliphatic carbocycles. The van der Waals surface area contributed by atoms with E-state index in [1.807, 2.05) is 31.2 Å². The zero-order valence-corrected chi connectivity index (χ0v) is 12.8. The summed E-state index contributed by atoms with van der Waals surface area (Å²) in [4.78, 5) is 0. The third kappa shape index (κ3) is 4.29. The van der Waals surface area contributed by atoms with Crippen LogP contribution in [0.25, 0.3) is 0 Å². The highest BCUT2D eigenvalue weighted by Gasteiger charge is 2.08. The minimum absolute atomic E-state index is 0.406. The molecule has 0 aliphatic rings. The van der Waals surface area contributed by atoms with E-state index in [0.717, 1.165) is 29.4 Å². The number of furan rings is 1. The Bertz CT molecular complexity index is 563. The van der Waals surface area contributed by atoms with Gasteiger partial charge in [-0.25, -0.2) is 0 Å². The number of benzene rings is 1. The summed E-state index contributed by atoms with van der Waals surface area (Å²) >= 11 is 5.92. The highest BCUT2D eigenvalue weighted by molar-refractivity contribution is 6.30. The summed E-state index contributed by atoms with van der Waals surface area (Å²) in [7, 11) is 0. The van der Waals surface area contributed by atoms with Crippen LogP contribution in [0.15, 0.2) is 34.7 Å². The SMILES string of the molecule is Cc1cc(COc2cccc(Cl)c2)oc1CNC(C)C. The number of hydrogen-bond donors (Lipinski definition) is 1. The summed E-state index contributed by atoms with van der Waals surface area (Å²) < 4.78 is 11.5. The molecule has 0 amide bonds. The lowest BCUT2D eigenvalue weighted by Crippen LogP contribution is -2.21. The number of nitrogens with one attached hydrogen (secondary N) is 1. The van der Waals surface area contributed by atoms with E-state index in [9.17, 15) is 0 Å². The molecule has 0 bridgehead atoms. The predicted octanol–water partition coefficient (Wildman–Crippen LogP) is 4.32. The number of hydrogen-bond acceptors (Lipinski definition) is 3. The molecular formula is C16H20ClNO2. The molecule has 2 aromatic rings. The van der Waals surface area contributed by atoms with Gasteiger partial charge in [-0.1, -0.05) is 31.5 Å². The molecule has 0 atom stereocenters. The molecule has 0 saturated carbocycles. The zero-order chi connectivity index (χ0) is 14.5. The molecule has 2 rings (SSSR count). The summed E-state index contributed by atoms with van der Waals surface area (Å²) in [5, 5.41) is 4.01. The third-order valence-corrected chi connectivity index (χ3v) is 3.15. The van der Waals surface area contributed by atoms with Crippen molar-refractivity contribution in [3.63, 3.8) is 0 Å². The Labute approximate surface area is 124 Å². The normalized spacial score (nSPS) is 11.1. The fourth-order valence-electron chi connectivity index (χ4n) is 1.84. The Morgan fingerprint density at radius 3 is 2.80 bits per heavy atom. The second kappa shape index (κ2) is 6.82. The van der Waals surface area contributed by atoms with Gasteiger partial charge in [-0.05, 0) is 36.8 Å². The monoisotopic (exact) mass is 293 g/mol. The van der Waals surface area contributed by atoms with Crippen molar-refractivity contribution in [3.05, 3.63) is 52.4 Å². The van der Waals surface area contributed by atoms with Crippen LogP contribution < -0.4 is 10.1 Å². The van der Waals surface area contributed by atoms with E-state index in [1.165, 1.54) is 0 Å². The van der Waals surface area contributed by atoms with Crippen LogP contribution in [0.3, 0.4) is 0 Å². The fourth-order valence-corrected chi connectivity index (χ4v) is 2.03. The van der Waals surface area contributed by atoms with Crippen LogP contribution in [0.2, 0.25) is 5.02 Å². The van der Waals surface area contributed by atoms with Crippen LogP contribution in [-0.4, -0.2) is 6.04 Å². The Morgan fingerprint density at radius 2 is 2.10 bits per heavy atom. The first-order chi connectivity index (χ1) is 9.54. The van der Waals surface area contributed by atoms with E-state index in [-0.39, 0.29) is 0 Å². The van der Waals surface area contributed by atoms with Crippen molar-refractivity contribution in [2.75, 3.05) is 0 Å². The Hall–Kier alpha value is -1.45. The number of rotatable bonds is 6. The largest absolute Gasteiger partial charge is 0.486 e. The summed E-state index contributed by atoms with van der Waals surface area (Å²) in [6.45, 7) is 7.41. The van der Waals surface area contributed by atoms with Crippen molar-refractivity contribution in [2.45, 2.75) is 40.0 Å². The van der Waals surface area contributed by atoms with Crippen LogP contribution >= 0.6 is 11.6 Å². The molecule has 1 aromatic heterocycles. The van der Waals surface area contributed by atoms with Gasteiger partial charge in [-0.2, -0.15) is 0 Å². The smallest absolute Gasteiger partial charge is 0.146 e. The lowest BCUT2D eigenvalue weighted by atomic mass is 10.2. The minimum atomic E-state index is 0.406. The molecule has 0 fully saturated rings. The van der Waals surface area contributed by atoms with Gasteiger partial charge in [0.1, 0.15) is 23.9 Å². The van der Waals surface area contributed by atoms with Gasteiger partial charge in [0, 0.05) is 11.1 Å². The number of halogens is 1. The van der Waals surface area contributed by atoms with Gasteiger partial charge >= 0.3 is 0 Å². The molecule has 108 valence electrons. The van der Waals surface area contributed by atoms with Crippen LogP contribution in [0.5, 0.6) is 5.75 Å². The standard InChI is InChI=1S/C16H20ClNO2/c1-11(2)18-9-16-12(3)7-15(20-16)10-19-14-6-4-5-13(17)8-14/h4-8,11,18H,9-10H2,1-3H3. The van der Waals surface area contributed by atoms with Gasteiger partial charge in [0.05, 0.1) is 6.54 Å². The molecule has 3 nitrogen and oxygen atoms in total. The maximum atomic E-state index is 5.92. The molecule has 0 radical (unpaired) electrons. The predicted molar refractivity (Wildman–Crippen MR) is 81.2 cm³/mol. The first kappa shape index (κ1) is 14.9. The van der Waals surface area contributed by atoms with E-state index < -0.39 is 0 Å². The molecule has 1 aromatic carbocycles. The van der Waals surface area contributed by atoms with E-state index in [2.05, 4.69) is 19.2 Å². The van der Waals surface area contributed by atoms with E-state index in [1.54, 1.807) is 6.07 Å². The quantitative estimate of drug-likeness (QED) is 0.861. The average molecular weight is 294 g/mol. The van der Waals surface area contributed by atoms with E-state index in [0.29, 0.717) is 17.7 Å². The van der Waals surface area contributed by atoms with Crippen molar-refractivity contribution in [1.29, 1.82) is 0 Å². The molecule has 0 saturated heterocycles. The summed E-state index contributed by atoms with van der Waals surface area (Å²) in [6, 6.07) is 9.80. The van der Waals surface area contributed by atoms with Gasteiger partial charge in [-0.3, -0.25) is 0 Å². The summed E-state index contributed by atoms with van der Waals surface area (Å²) in [6.07, 6.45) is 0. The summed E-state index contributed by atoms with van der Waals surface area (Å²) in [5.74, 6) is 2.53. The topological polar surface area (TPSA) is 34.4 Å². The van der Waals surface area contributed by atoms with Gasteiger partial charge in [0.25, 0.3) is 0 Å². The van der Waals surface area contributed by atoms with Crippen LogP contribution in [0.1, 0.15) is 30.9 Å². The second-order valence-corrected chi connectivity index (χ2v) is 5.54. The average Bonchev–Trinajstić information content (AvgIpc) is 2.75. The van der Waals surface area contributed by atoms with Crippen molar-refractivity contribution < 1.29 is 9.15 Å². The molecule has 1 heterocycles. The van der Waals surface area contributed by atoms with Crippen LogP contribution in [0.4, 0.5) is 0 Å². The molecular weight excluding hydrogens is 274 g/mol. The molecule has 0 unspecified atom stereocenters. The summed E-state index contributed by atoms with van der Waals surface area (Å²) in [5.41, 5.74) is 1.14. The van der Waals surface area contributed by atoms with Crippen LogP contribution in [0, 0.1) is 6.92 Å². The highest BCUT2D eigenvalue weighted by Crippen LogP contribution is 2.20. The Balaban J connectivity index is 1.95. The lowest BCUT2D eigenvalue weighted by molar-refractivity contribution is 0.264. The van der Waals surface area contributed by atoms with Gasteiger partial charge in [0.2, 0.25) is 0 Å². The maximum Gasteiger partial charge on any atom is 0.146 e. The molecule has 1 N–H and O–H groups in total. The Kier molecular flexibility index (Phi) is 5.10. The highest BCUT2D eigenvalue weighted by atomic mass is 35.5. The van der Waals surface area contributed by atoms with Gasteiger partial charge < -0.3 is 14.5 Å². The van der Waals surface area contributed by atoms with Gasteiger partial charge in [0.15, 0.2) is 0 Å². The van der Waals surface area contributed by atoms with Crippen LogP contribution in [-0.2, 0) is 13.2 Å². The van der Waals surface area contributed by atoms with Crippen molar-refractivity contribution >= 4 is 11.6 Å². The molecule has 0 aliphatic heterocycles. The minimum Gasteiger partial charge on any atom is -0.486 e. The fraction of sp³-hybridized carbons (Fsp3) is 0.375. The van der Waals surface area contributed by atoms with E-state index in [4.69, 9.17) is 20.8 Å². The maximum absolute atomic E-state index is 5.92. The Morgan fingerprint density at radius 1 is 1.30 bits per heavy atom. The van der Waals surface area contributed by atoms with Gasteiger partial charge in [-0.15, -0.1) is 0 Å². The second-order valence-electron chi connectivity index (χ2n) is 5.10. The molecule has 0 spiro atoms. The molecule has 4 heteroatoms. The van der Waals surface area contributed by atoms with E-state index >= 15 is 0 Å². The first-order valence-corrected chi connectivity index (χ1v) is 7.12. The number of aryl methyl sites for hydroxylation is 1. The van der Waals surface area contributed by atoms with Crippen molar-refractivity contribution in [2.24, 2.45) is 0 Å². The molecule has 20 heavy (non-hydrogen) atoms.